The van der Waals surface area contributed by atoms with Crippen LogP contribution in [-0.4, -0.2) is 29.4 Å². The van der Waals surface area contributed by atoms with Crippen molar-refractivity contribution in [2.45, 2.75) is 19.1 Å². The number of aromatic nitrogens is 2. The molecule has 6 nitrogen and oxygen atoms in total. The van der Waals surface area contributed by atoms with E-state index in [1.807, 2.05) is 31.2 Å². The van der Waals surface area contributed by atoms with Crippen molar-refractivity contribution < 1.29 is 14.2 Å². The molecule has 0 saturated heterocycles. The molecule has 0 N–H and O–H groups in total. The normalized spacial score (nSPS) is 17.3. The Morgan fingerprint density at radius 2 is 2.04 bits per heavy atom. The van der Waals surface area contributed by atoms with Crippen molar-refractivity contribution in [1.29, 1.82) is 0 Å². The molecule has 2 aromatic carbocycles. The Labute approximate surface area is 144 Å². The first-order valence-electron chi connectivity index (χ1n) is 8.11. The molecule has 0 aliphatic carbocycles. The van der Waals surface area contributed by atoms with Crippen LogP contribution in [0.4, 0.5) is 0 Å². The third-order valence-corrected chi connectivity index (χ3v) is 4.50. The third-order valence-electron chi connectivity index (χ3n) is 4.50. The van der Waals surface area contributed by atoms with Crippen LogP contribution >= 0.6 is 0 Å². The predicted octanol–water partition coefficient (Wildman–Crippen LogP) is 2.81. The SMILES string of the molecule is COc1ccc2ncn(C(C)C3COc4ccccc4O3)c(=O)c2c1. The van der Waals surface area contributed by atoms with E-state index in [1.165, 1.54) is 0 Å². The summed E-state index contributed by atoms with van der Waals surface area (Å²) >= 11 is 0. The molecule has 2 unspecified atom stereocenters. The van der Waals surface area contributed by atoms with Crippen molar-refractivity contribution in [2.75, 3.05) is 13.7 Å². The van der Waals surface area contributed by atoms with E-state index in [9.17, 15) is 4.79 Å². The fourth-order valence-corrected chi connectivity index (χ4v) is 2.98. The van der Waals surface area contributed by atoms with Gasteiger partial charge < -0.3 is 14.2 Å². The molecule has 0 bridgehead atoms. The van der Waals surface area contributed by atoms with Crippen LogP contribution in [-0.2, 0) is 0 Å². The van der Waals surface area contributed by atoms with E-state index in [0.717, 1.165) is 5.75 Å². The molecule has 25 heavy (non-hydrogen) atoms. The van der Waals surface area contributed by atoms with Gasteiger partial charge in [-0.25, -0.2) is 4.98 Å². The minimum Gasteiger partial charge on any atom is -0.497 e. The van der Waals surface area contributed by atoms with E-state index in [4.69, 9.17) is 14.2 Å². The third kappa shape index (κ3) is 2.69. The number of hydrogen-bond acceptors (Lipinski definition) is 5. The van der Waals surface area contributed by atoms with Crippen LogP contribution in [0.2, 0.25) is 0 Å². The molecule has 0 fully saturated rings. The fraction of sp³-hybridized carbons (Fsp3) is 0.263. The molecule has 2 heterocycles. The van der Waals surface area contributed by atoms with Gasteiger partial charge in [0.2, 0.25) is 0 Å². The Kier molecular flexibility index (Phi) is 3.80. The van der Waals surface area contributed by atoms with Gasteiger partial charge >= 0.3 is 0 Å². The van der Waals surface area contributed by atoms with Crippen molar-refractivity contribution in [3.8, 4) is 17.2 Å². The Bertz CT molecular complexity index is 983. The zero-order valence-electron chi connectivity index (χ0n) is 14.0. The minimum absolute atomic E-state index is 0.126. The van der Waals surface area contributed by atoms with E-state index >= 15 is 0 Å². The van der Waals surface area contributed by atoms with E-state index < -0.39 is 0 Å². The molecule has 1 aliphatic rings. The maximum atomic E-state index is 12.9. The second-order valence-electron chi connectivity index (χ2n) is 5.99. The number of methoxy groups -OCH3 is 1. The van der Waals surface area contributed by atoms with Crippen LogP contribution in [0.15, 0.2) is 53.6 Å². The van der Waals surface area contributed by atoms with Gasteiger partial charge in [-0.1, -0.05) is 12.1 Å². The van der Waals surface area contributed by atoms with Gasteiger partial charge in [-0.2, -0.15) is 0 Å². The second kappa shape index (κ2) is 6.12. The summed E-state index contributed by atoms with van der Waals surface area (Å²) in [4.78, 5) is 17.3. The van der Waals surface area contributed by atoms with Crippen molar-refractivity contribution in [2.24, 2.45) is 0 Å². The Balaban J connectivity index is 1.70. The zero-order valence-corrected chi connectivity index (χ0v) is 14.0. The summed E-state index contributed by atoms with van der Waals surface area (Å²) in [6.07, 6.45) is 1.28. The average Bonchev–Trinajstić information content (AvgIpc) is 2.67. The molecule has 1 aliphatic heterocycles. The molecule has 6 heteroatoms. The van der Waals surface area contributed by atoms with Crippen molar-refractivity contribution in [1.82, 2.24) is 9.55 Å². The standard InChI is InChI=1S/C19H18N2O4/c1-12(18-10-24-16-5-3-4-6-17(16)25-18)21-11-20-15-8-7-13(23-2)9-14(15)19(21)22/h3-9,11-12,18H,10H2,1-2H3. The van der Waals surface area contributed by atoms with Gasteiger partial charge in [0.15, 0.2) is 17.6 Å². The number of ether oxygens (including phenoxy) is 3. The summed E-state index contributed by atoms with van der Waals surface area (Å²) in [6, 6.07) is 12.6. The van der Waals surface area contributed by atoms with Gasteiger partial charge in [-0.15, -0.1) is 0 Å². The average molecular weight is 338 g/mol. The molecule has 0 amide bonds. The summed E-state index contributed by atoms with van der Waals surface area (Å²) in [5, 5.41) is 0.519. The van der Waals surface area contributed by atoms with Crippen LogP contribution in [0, 0.1) is 0 Å². The van der Waals surface area contributed by atoms with Gasteiger partial charge in [0.05, 0.1) is 30.4 Å². The summed E-state index contributed by atoms with van der Waals surface area (Å²) in [5.74, 6) is 2.04. The minimum atomic E-state index is -0.280. The number of hydrogen-bond donors (Lipinski definition) is 0. The highest BCUT2D eigenvalue weighted by Crippen LogP contribution is 2.33. The van der Waals surface area contributed by atoms with Gasteiger partial charge in [0.1, 0.15) is 12.4 Å². The molecule has 0 saturated carbocycles. The number of nitrogens with zero attached hydrogens (tertiary/aromatic N) is 2. The van der Waals surface area contributed by atoms with Crippen LogP contribution in [0.3, 0.4) is 0 Å². The highest BCUT2D eigenvalue weighted by Gasteiger charge is 2.28. The number of benzene rings is 2. The van der Waals surface area contributed by atoms with Gasteiger partial charge in [0, 0.05) is 0 Å². The Hall–Kier alpha value is -3.02. The molecule has 2 atom stereocenters. The largest absolute Gasteiger partial charge is 0.497 e. The Morgan fingerprint density at radius 1 is 1.24 bits per heavy atom. The maximum absolute atomic E-state index is 12.9. The van der Waals surface area contributed by atoms with Crippen LogP contribution in [0.25, 0.3) is 10.9 Å². The number of para-hydroxylation sites is 2. The lowest BCUT2D eigenvalue weighted by Gasteiger charge is -2.31. The first-order chi connectivity index (χ1) is 12.2. The quantitative estimate of drug-likeness (QED) is 0.735. The van der Waals surface area contributed by atoms with Crippen LogP contribution < -0.4 is 19.8 Å². The molecule has 128 valence electrons. The van der Waals surface area contributed by atoms with E-state index in [1.54, 1.807) is 36.2 Å². The van der Waals surface area contributed by atoms with Gasteiger partial charge in [0.25, 0.3) is 5.56 Å². The van der Waals surface area contributed by atoms with Crippen molar-refractivity contribution >= 4 is 10.9 Å². The van der Waals surface area contributed by atoms with Crippen LogP contribution in [0.5, 0.6) is 17.2 Å². The summed E-state index contributed by atoms with van der Waals surface area (Å²) in [7, 11) is 1.57. The van der Waals surface area contributed by atoms with E-state index in [2.05, 4.69) is 4.98 Å². The summed E-state index contributed by atoms with van der Waals surface area (Å²) in [5.41, 5.74) is 0.513. The number of fused-ring (bicyclic) bond motifs is 2. The first-order valence-corrected chi connectivity index (χ1v) is 8.11. The van der Waals surface area contributed by atoms with E-state index in [0.29, 0.717) is 29.0 Å². The van der Waals surface area contributed by atoms with Gasteiger partial charge in [-0.3, -0.25) is 9.36 Å². The lowest BCUT2D eigenvalue weighted by Crippen LogP contribution is -2.39. The second-order valence-corrected chi connectivity index (χ2v) is 5.99. The van der Waals surface area contributed by atoms with Gasteiger partial charge in [-0.05, 0) is 37.3 Å². The van der Waals surface area contributed by atoms with Crippen LogP contribution in [0.1, 0.15) is 13.0 Å². The zero-order chi connectivity index (χ0) is 17.4. The predicted molar refractivity (Wildman–Crippen MR) is 93.6 cm³/mol. The molecular weight excluding hydrogens is 320 g/mol. The highest BCUT2D eigenvalue weighted by atomic mass is 16.6. The highest BCUT2D eigenvalue weighted by molar-refractivity contribution is 5.78. The fourth-order valence-electron chi connectivity index (χ4n) is 2.98. The molecule has 0 radical (unpaired) electrons. The maximum Gasteiger partial charge on any atom is 0.261 e. The molecular formula is C19H18N2O4. The summed E-state index contributed by atoms with van der Waals surface area (Å²) < 4.78 is 18.6. The molecule has 0 spiro atoms. The molecule has 4 rings (SSSR count). The monoisotopic (exact) mass is 338 g/mol. The first kappa shape index (κ1) is 15.5. The van der Waals surface area contributed by atoms with Crippen molar-refractivity contribution in [3.05, 3.63) is 59.1 Å². The smallest absolute Gasteiger partial charge is 0.261 e. The molecule has 1 aromatic heterocycles. The summed E-state index contributed by atoms with van der Waals surface area (Å²) in [6.45, 7) is 2.30. The van der Waals surface area contributed by atoms with Crippen molar-refractivity contribution in [3.63, 3.8) is 0 Å². The lowest BCUT2D eigenvalue weighted by atomic mass is 10.1. The lowest BCUT2D eigenvalue weighted by molar-refractivity contribution is 0.0559. The topological polar surface area (TPSA) is 62.6 Å². The molecule has 3 aromatic rings. The Morgan fingerprint density at radius 3 is 2.84 bits per heavy atom. The number of rotatable bonds is 3. The van der Waals surface area contributed by atoms with E-state index in [-0.39, 0.29) is 17.7 Å².